The average Bonchev–Trinajstić information content (AvgIpc) is 2.75. The highest BCUT2D eigenvalue weighted by Crippen LogP contribution is 2.44. The third-order valence-electron chi connectivity index (χ3n) is 4.78. The molecule has 1 N–H and O–H groups in total. The van der Waals surface area contributed by atoms with Crippen molar-refractivity contribution in [1.29, 1.82) is 0 Å². The molecule has 0 radical (unpaired) electrons. The zero-order valence-corrected chi connectivity index (χ0v) is 16.7. The molecule has 0 aliphatic heterocycles. The second kappa shape index (κ2) is 8.92. The van der Waals surface area contributed by atoms with Gasteiger partial charge >= 0.3 is 0 Å². The molecule has 0 bridgehead atoms. The molecule has 0 saturated heterocycles. The first kappa shape index (κ1) is 19.3. The normalized spacial score (nSPS) is 12.4. The minimum absolute atomic E-state index is 0.102. The Morgan fingerprint density at radius 1 is 0.852 bits per heavy atom. The summed E-state index contributed by atoms with van der Waals surface area (Å²) in [6.07, 6.45) is 1.46. The van der Waals surface area contributed by atoms with E-state index >= 15 is 0 Å². The molecule has 0 aliphatic carbocycles. The lowest BCUT2D eigenvalue weighted by Gasteiger charge is -2.26. The summed E-state index contributed by atoms with van der Waals surface area (Å²) in [5.41, 5.74) is 1.01. The molecule has 0 aromatic heterocycles. The summed E-state index contributed by atoms with van der Waals surface area (Å²) in [6.45, 7) is 2.13. The van der Waals surface area contributed by atoms with Crippen LogP contribution >= 0.6 is 7.14 Å². The zero-order chi connectivity index (χ0) is 19.1. The second-order valence-electron chi connectivity index (χ2n) is 6.57. The topological polar surface area (TPSA) is 38.3 Å². The summed E-state index contributed by atoms with van der Waals surface area (Å²) in [7, 11) is -1.08. The van der Waals surface area contributed by atoms with Crippen LogP contribution in [0.1, 0.15) is 13.3 Å². The van der Waals surface area contributed by atoms with Crippen molar-refractivity contribution in [1.82, 2.24) is 0 Å². The van der Waals surface area contributed by atoms with E-state index < -0.39 is 7.14 Å². The fraction of sp³-hybridized carbons (Fsp3) is 0.217. The fourth-order valence-corrected chi connectivity index (χ4v) is 6.21. The Bertz CT molecular complexity index is 836. The molecular weight excluding hydrogens is 353 g/mol. The maximum Gasteiger partial charge on any atom is 0.145 e. The Morgan fingerprint density at radius 3 is 1.81 bits per heavy atom. The molecule has 0 fully saturated rings. The van der Waals surface area contributed by atoms with Gasteiger partial charge in [0.1, 0.15) is 12.9 Å². The van der Waals surface area contributed by atoms with Crippen molar-refractivity contribution in [2.75, 3.05) is 18.6 Å². The molecule has 3 nitrogen and oxygen atoms in total. The second-order valence-corrected chi connectivity index (χ2v) is 9.45. The van der Waals surface area contributed by atoms with E-state index in [0.29, 0.717) is 6.16 Å². The average molecular weight is 379 g/mol. The van der Waals surface area contributed by atoms with E-state index in [2.05, 4.69) is 12.2 Å². The molecule has 4 heteroatoms. The lowest BCUT2D eigenvalue weighted by atomic mass is 10.2. The van der Waals surface area contributed by atoms with Crippen LogP contribution < -0.4 is 20.7 Å². The summed E-state index contributed by atoms with van der Waals surface area (Å²) < 4.78 is 19.4. The lowest BCUT2D eigenvalue weighted by Crippen LogP contribution is -2.29. The quantitative estimate of drug-likeness (QED) is 0.566. The van der Waals surface area contributed by atoms with Crippen molar-refractivity contribution in [2.45, 2.75) is 19.4 Å². The number of anilines is 1. The summed E-state index contributed by atoms with van der Waals surface area (Å²) in [5.74, 6) is 0.827. The first-order chi connectivity index (χ1) is 13.2. The SMILES string of the molecule is CCC(CP(=O)(c1ccccc1)c1ccccc1)Nc1ccc(OC)cc1. The maximum atomic E-state index is 14.2. The van der Waals surface area contributed by atoms with Crippen LogP contribution in [0, 0.1) is 0 Å². The molecule has 3 aromatic rings. The molecule has 1 unspecified atom stereocenters. The van der Waals surface area contributed by atoms with Gasteiger partial charge in [0.2, 0.25) is 0 Å². The van der Waals surface area contributed by atoms with Gasteiger partial charge in [-0.15, -0.1) is 0 Å². The Morgan fingerprint density at radius 2 is 1.37 bits per heavy atom. The van der Waals surface area contributed by atoms with Crippen molar-refractivity contribution in [3.63, 3.8) is 0 Å². The monoisotopic (exact) mass is 379 g/mol. The van der Waals surface area contributed by atoms with Crippen LogP contribution in [0.15, 0.2) is 84.9 Å². The smallest absolute Gasteiger partial charge is 0.145 e. The summed E-state index contributed by atoms with van der Waals surface area (Å²) >= 11 is 0. The number of benzene rings is 3. The van der Waals surface area contributed by atoms with Crippen LogP contribution in [0.5, 0.6) is 5.75 Å². The van der Waals surface area contributed by atoms with Gasteiger partial charge in [-0.1, -0.05) is 67.6 Å². The zero-order valence-electron chi connectivity index (χ0n) is 15.8. The lowest BCUT2D eigenvalue weighted by molar-refractivity contribution is 0.415. The molecule has 140 valence electrons. The largest absolute Gasteiger partial charge is 0.497 e. The molecule has 0 saturated carbocycles. The molecule has 0 aliphatic rings. The molecule has 27 heavy (non-hydrogen) atoms. The molecular formula is C23H26NO2P. The van der Waals surface area contributed by atoms with Gasteiger partial charge in [0.05, 0.1) is 7.11 Å². The van der Waals surface area contributed by atoms with E-state index in [9.17, 15) is 4.57 Å². The standard InChI is InChI=1S/C23H26NO2P/c1-3-19(24-20-14-16-21(26-2)17-15-20)18-27(25,22-10-6-4-7-11-22)23-12-8-5-9-13-23/h4-17,19,24H,3,18H2,1-2H3. The highest BCUT2D eigenvalue weighted by atomic mass is 31.2. The van der Waals surface area contributed by atoms with Crippen molar-refractivity contribution in [3.8, 4) is 5.75 Å². The van der Waals surface area contributed by atoms with E-state index in [-0.39, 0.29) is 6.04 Å². The number of methoxy groups -OCH3 is 1. The predicted molar refractivity (Wildman–Crippen MR) is 115 cm³/mol. The van der Waals surface area contributed by atoms with Gasteiger partial charge in [-0.05, 0) is 30.7 Å². The van der Waals surface area contributed by atoms with E-state index in [1.165, 1.54) is 0 Å². The predicted octanol–water partition coefficient (Wildman–Crippen LogP) is 4.90. The van der Waals surface area contributed by atoms with Crippen molar-refractivity contribution >= 4 is 23.4 Å². The minimum atomic E-state index is -2.74. The van der Waals surface area contributed by atoms with E-state index in [4.69, 9.17) is 4.74 Å². The van der Waals surface area contributed by atoms with E-state index in [1.54, 1.807) is 7.11 Å². The van der Waals surface area contributed by atoms with Crippen molar-refractivity contribution in [2.24, 2.45) is 0 Å². The van der Waals surface area contributed by atoms with Crippen molar-refractivity contribution < 1.29 is 9.30 Å². The van der Waals surface area contributed by atoms with Crippen LogP contribution in [-0.4, -0.2) is 19.3 Å². The van der Waals surface area contributed by atoms with Gasteiger partial charge in [-0.2, -0.15) is 0 Å². The third-order valence-corrected chi connectivity index (χ3v) is 8.00. The van der Waals surface area contributed by atoms with E-state index in [0.717, 1.165) is 28.5 Å². The van der Waals surface area contributed by atoms with Gasteiger partial charge in [-0.25, -0.2) is 0 Å². The first-order valence-electron chi connectivity index (χ1n) is 9.26. The summed E-state index contributed by atoms with van der Waals surface area (Å²) in [4.78, 5) is 0. The Hall–Kier alpha value is -2.51. The van der Waals surface area contributed by atoms with Crippen LogP contribution in [0.25, 0.3) is 0 Å². The van der Waals surface area contributed by atoms with Gasteiger partial charge in [0.15, 0.2) is 0 Å². The maximum absolute atomic E-state index is 14.2. The van der Waals surface area contributed by atoms with Crippen LogP contribution in [0.4, 0.5) is 5.69 Å². The summed E-state index contributed by atoms with van der Waals surface area (Å²) in [6, 6.07) is 27.7. The Labute approximate surface area is 161 Å². The molecule has 1 atom stereocenters. The number of nitrogens with one attached hydrogen (secondary N) is 1. The Balaban J connectivity index is 1.89. The molecule has 0 heterocycles. The number of ether oxygens (including phenoxy) is 1. The Kier molecular flexibility index (Phi) is 6.36. The fourth-order valence-electron chi connectivity index (χ4n) is 3.21. The highest BCUT2D eigenvalue weighted by Gasteiger charge is 2.30. The molecule has 0 amide bonds. The molecule has 3 aromatic carbocycles. The first-order valence-corrected chi connectivity index (χ1v) is 11.2. The van der Waals surface area contributed by atoms with Gasteiger partial charge in [-0.3, -0.25) is 0 Å². The number of rotatable bonds is 8. The minimum Gasteiger partial charge on any atom is -0.497 e. The van der Waals surface area contributed by atoms with Gasteiger partial charge in [0.25, 0.3) is 0 Å². The van der Waals surface area contributed by atoms with Gasteiger partial charge < -0.3 is 14.6 Å². The van der Waals surface area contributed by atoms with Crippen molar-refractivity contribution in [3.05, 3.63) is 84.9 Å². The van der Waals surface area contributed by atoms with E-state index in [1.807, 2.05) is 84.9 Å². The molecule has 0 spiro atoms. The summed E-state index contributed by atoms with van der Waals surface area (Å²) in [5, 5.41) is 5.36. The number of hydrogen-bond acceptors (Lipinski definition) is 3. The molecule has 3 rings (SSSR count). The van der Waals surface area contributed by atoms with Crippen LogP contribution in [0.3, 0.4) is 0 Å². The number of hydrogen-bond donors (Lipinski definition) is 1. The van der Waals surface area contributed by atoms with Crippen LogP contribution in [0.2, 0.25) is 0 Å². The van der Waals surface area contributed by atoms with Gasteiger partial charge in [0, 0.05) is 28.5 Å². The van der Waals surface area contributed by atoms with Crippen LogP contribution in [-0.2, 0) is 4.57 Å². The highest BCUT2D eigenvalue weighted by molar-refractivity contribution is 7.78. The third kappa shape index (κ3) is 4.61.